The SMILES string of the molecule is C[P+]#CP. The van der Waals surface area contributed by atoms with Crippen molar-refractivity contribution in [1.82, 2.24) is 0 Å². The first-order valence-electron chi connectivity index (χ1n) is 0.959. The van der Waals surface area contributed by atoms with Gasteiger partial charge in [-0.2, -0.15) is 0 Å². The molecule has 0 amide bonds. The van der Waals surface area contributed by atoms with Gasteiger partial charge in [-0.15, -0.1) is 0 Å². The van der Waals surface area contributed by atoms with Crippen molar-refractivity contribution >= 4 is 17.3 Å². The van der Waals surface area contributed by atoms with Gasteiger partial charge in [-0.05, 0) is 0 Å². The van der Waals surface area contributed by atoms with E-state index in [-0.39, 0.29) is 0 Å². The molecule has 0 aromatic heterocycles. The molecule has 0 saturated heterocycles. The average molecular weight is 91.0 g/mol. The van der Waals surface area contributed by atoms with Crippen molar-refractivity contribution in [2.45, 2.75) is 0 Å². The first-order chi connectivity index (χ1) is 1.91. The van der Waals surface area contributed by atoms with E-state index in [2.05, 4.69) is 14.6 Å². The fourth-order valence-electron chi connectivity index (χ4n) is 0. The Balaban J connectivity index is 2.83. The minimum atomic E-state index is 1.21. The molecular weight excluding hydrogens is 86.0 g/mol. The normalized spacial score (nSPS) is 4.50. The molecule has 1 unspecified atom stereocenters. The van der Waals surface area contributed by atoms with Crippen LogP contribution in [-0.2, 0) is 0 Å². The molecule has 0 N–H and O–H groups in total. The van der Waals surface area contributed by atoms with Crippen molar-refractivity contribution in [2.24, 2.45) is 0 Å². The summed E-state index contributed by atoms with van der Waals surface area (Å²) in [4.78, 5) is 0. The van der Waals surface area contributed by atoms with Gasteiger partial charge >= 0.3 is 29.3 Å². The van der Waals surface area contributed by atoms with Crippen LogP contribution in [0.2, 0.25) is 0 Å². The Morgan fingerprint density at radius 1 is 2.00 bits per heavy atom. The van der Waals surface area contributed by atoms with E-state index in [9.17, 15) is 0 Å². The van der Waals surface area contributed by atoms with Crippen LogP contribution in [0.4, 0.5) is 0 Å². The van der Waals surface area contributed by atoms with Crippen LogP contribution < -0.4 is 0 Å². The van der Waals surface area contributed by atoms with Crippen molar-refractivity contribution in [3.63, 3.8) is 0 Å². The van der Waals surface area contributed by atoms with Crippen LogP contribution in [0.1, 0.15) is 0 Å². The summed E-state index contributed by atoms with van der Waals surface area (Å²) in [5, 5.41) is 2.82. The molecule has 0 heterocycles. The van der Waals surface area contributed by atoms with E-state index in [0.717, 1.165) is 0 Å². The topological polar surface area (TPSA) is 0 Å². The molecule has 0 saturated carbocycles. The fourth-order valence-corrected chi connectivity index (χ4v) is 0. The molecule has 0 aliphatic rings. The van der Waals surface area contributed by atoms with Crippen molar-refractivity contribution in [3.8, 4) is 5.37 Å². The molecule has 0 radical (unpaired) electrons. The van der Waals surface area contributed by atoms with Gasteiger partial charge in [0.15, 0.2) is 0 Å². The zero-order chi connectivity index (χ0) is 3.41. The van der Waals surface area contributed by atoms with Crippen molar-refractivity contribution in [3.05, 3.63) is 0 Å². The molecule has 0 aliphatic carbocycles. The molecule has 2 heteroatoms. The van der Waals surface area contributed by atoms with Gasteiger partial charge in [0.2, 0.25) is 0 Å². The quantitative estimate of drug-likeness (QED) is 0.395. The summed E-state index contributed by atoms with van der Waals surface area (Å²) in [5.74, 6) is 0. The molecule has 0 rings (SSSR count). The van der Waals surface area contributed by atoms with Gasteiger partial charge in [-0.1, -0.05) is 0 Å². The van der Waals surface area contributed by atoms with E-state index in [1.165, 1.54) is 8.04 Å². The molecule has 1 atom stereocenters. The predicted molar refractivity (Wildman–Crippen MR) is 26.4 cm³/mol. The molecule has 0 fully saturated rings. The van der Waals surface area contributed by atoms with E-state index in [4.69, 9.17) is 0 Å². The summed E-state index contributed by atoms with van der Waals surface area (Å²) in [6.07, 6.45) is 0. The Kier molecular flexibility index (Phi) is 4.22. The van der Waals surface area contributed by atoms with Crippen molar-refractivity contribution in [2.75, 3.05) is 6.66 Å². The molecule has 0 spiro atoms. The van der Waals surface area contributed by atoms with E-state index in [1.54, 1.807) is 0 Å². The Bertz CT molecular complexity index is 40.8. The average Bonchev–Trinajstić information content (AvgIpc) is 1.37. The maximum absolute atomic E-state index is 2.82. The van der Waals surface area contributed by atoms with Gasteiger partial charge in [0.25, 0.3) is 0 Å². The molecular formula is C2H5P2+. The summed E-state index contributed by atoms with van der Waals surface area (Å²) < 4.78 is 0. The van der Waals surface area contributed by atoms with Crippen LogP contribution in [0, 0.1) is 5.37 Å². The number of hydrogen-bond donors (Lipinski definition) is 0. The molecule has 0 aromatic carbocycles. The molecule has 4 heavy (non-hydrogen) atoms. The van der Waals surface area contributed by atoms with Gasteiger partial charge in [-0.3, -0.25) is 0 Å². The van der Waals surface area contributed by atoms with Gasteiger partial charge in [0.1, 0.15) is 0 Å². The van der Waals surface area contributed by atoms with Crippen LogP contribution in [0.15, 0.2) is 0 Å². The van der Waals surface area contributed by atoms with Crippen LogP contribution in [0.25, 0.3) is 0 Å². The van der Waals surface area contributed by atoms with E-state index in [0.29, 0.717) is 0 Å². The minimum absolute atomic E-state index is 1.21. The Labute approximate surface area is 30.3 Å². The maximum atomic E-state index is 2.82. The van der Waals surface area contributed by atoms with Crippen LogP contribution in [0.5, 0.6) is 0 Å². The van der Waals surface area contributed by atoms with Gasteiger partial charge in [0, 0.05) is 0 Å². The molecule has 0 nitrogen and oxygen atoms in total. The van der Waals surface area contributed by atoms with Crippen molar-refractivity contribution < 1.29 is 0 Å². The Morgan fingerprint density at radius 2 is 2.25 bits per heavy atom. The second kappa shape index (κ2) is 3.64. The van der Waals surface area contributed by atoms with Crippen LogP contribution >= 0.6 is 17.3 Å². The molecule has 0 bridgehead atoms. The third kappa shape index (κ3) is 2.64. The second-order valence-electron chi connectivity index (χ2n) is 0.353. The van der Waals surface area contributed by atoms with Gasteiger partial charge in [0.05, 0.1) is 0 Å². The number of hydrogen-bond acceptors (Lipinski definition) is 0. The van der Waals surface area contributed by atoms with E-state index in [1.807, 2.05) is 6.66 Å². The molecule has 22 valence electrons. The molecule has 0 aromatic rings. The third-order valence-electron chi connectivity index (χ3n) is 0.129. The van der Waals surface area contributed by atoms with E-state index < -0.39 is 0 Å². The van der Waals surface area contributed by atoms with Gasteiger partial charge in [-0.25, -0.2) is 0 Å². The second-order valence-corrected chi connectivity index (χ2v) is 1.83. The zero-order valence-electron chi connectivity index (χ0n) is 2.52. The van der Waals surface area contributed by atoms with Crippen LogP contribution in [0.3, 0.4) is 0 Å². The summed E-state index contributed by atoms with van der Waals surface area (Å²) in [6.45, 7) is 2.02. The Hall–Kier alpha value is 0.640. The summed E-state index contributed by atoms with van der Waals surface area (Å²) >= 11 is 0. The van der Waals surface area contributed by atoms with Gasteiger partial charge < -0.3 is 0 Å². The third-order valence-corrected chi connectivity index (χ3v) is 1.16. The first kappa shape index (κ1) is 4.64. The summed E-state index contributed by atoms with van der Waals surface area (Å²) in [5.41, 5.74) is 0. The number of rotatable bonds is 0. The summed E-state index contributed by atoms with van der Waals surface area (Å²) in [6, 6.07) is 0. The van der Waals surface area contributed by atoms with Crippen molar-refractivity contribution in [1.29, 1.82) is 0 Å². The first-order valence-corrected chi connectivity index (χ1v) is 2.88. The zero-order valence-corrected chi connectivity index (χ0v) is 4.57. The predicted octanol–water partition coefficient (Wildman–Crippen LogP) is 1.35. The van der Waals surface area contributed by atoms with E-state index >= 15 is 0 Å². The summed E-state index contributed by atoms with van der Waals surface area (Å²) in [7, 11) is 3.60. The van der Waals surface area contributed by atoms with Crippen LogP contribution in [-0.4, -0.2) is 6.66 Å². The fraction of sp³-hybridized carbons (Fsp3) is 0.500. The Morgan fingerprint density at radius 3 is 2.25 bits per heavy atom. The monoisotopic (exact) mass is 91.0 g/mol. The standard InChI is InChI=1S/C2H5P2/c1-4-2-3/h3H2,1H3/q+1. The molecule has 0 aliphatic heterocycles.